The Morgan fingerprint density at radius 3 is 2.30 bits per heavy atom. The van der Waals surface area contributed by atoms with Crippen LogP contribution in [0.25, 0.3) is 0 Å². The molecule has 0 N–H and O–H groups in total. The van der Waals surface area contributed by atoms with Crippen LogP contribution >= 0.6 is 0 Å². The van der Waals surface area contributed by atoms with Crippen LogP contribution < -0.4 is 10.4 Å². The molecule has 1 atom stereocenters. The van der Waals surface area contributed by atoms with E-state index in [1.165, 1.54) is 0 Å². The number of anilines is 1. The van der Waals surface area contributed by atoms with E-state index in [4.69, 9.17) is 14.0 Å². The molecule has 2 saturated heterocycles. The minimum atomic E-state index is -0.508. The lowest BCUT2D eigenvalue weighted by Gasteiger charge is -2.38. The van der Waals surface area contributed by atoms with Crippen molar-refractivity contribution in [1.29, 1.82) is 0 Å². The van der Waals surface area contributed by atoms with Crippen LogP contribution in [-0.2, 0) is 14.0 Å². The van der Waals surface area contributed by atoms with Crippen LogP contribution in [0, 0.1) is 0 Å². The highest BCUT2D eigenvalue weighted by Crippen LogP contribution is 2.36. The van der Waals surface area contributed by atoms with Gasteiger partial charge in [-0.15, -0.1) is 0 Å². The summed E-state index contributed by atoms with van der Waals surface area (Å²) in [6.45, 7) is 15.3. The van der Waals surface area contributed by atoms with Gasteiger partial charge >= 0.3 is 13.2 Å². The van der Waals surface area contributed by atoms with Gasteiger partial charge in [0.1, 0.15) is 5.60 Å². The molecule has 0 bridgehead atoms. The number of ether oxygens (including phenoxy) is 1. The molecule has 0 aliphatic carbocycles. The zero-order valence-electron chi connectivity index (χ0n) is 19.6. The summed E-state index contributed by atoms with van der Waals surface area (Å²) in [5.74, 6) is 0.651. The monoisotopic (exact) mass is 418 g/mol. The lowest BCUT2D eigenvalue weighted by Crippen LogP contribution is -2.50. The minimum Gasteiger partial charge on any atom is -0.444 e. The molecular formula is C21H35BN4O4. The molecule has 1 amide bonds. The van der Waals surface area contributed by atoms with E-state index in [9.17, 15) is 4.79 Å². The van der Waals surface area contributed by atoms with Crippen LogP contribution in [0.2, 0.25) is 0 Å². The quantitative estimate of drug-likeness (QED) is 0.699. The van der Waals surface area contributed by atoms with Gasteiger partial charge in [-0.25, -0.2) is 14.8 Å². The van der Waals surface area contributed by atoms with Crippen molar-refractivity contribution in [3.8, 4) is 0 Å². The van der Waals surface area contributed by atoms with E-state index in [-0.39, 0.29) is 12.1 Å². The van der Waals surface area contributed by atoms with E-state index in [2.05, 4.69) is 14.9 Å². The maximum absolute atomic E-state index is 12.4. The van der Waals surface area contributed by atoms with Crippen molar-refractivity contribution >= 4 is 24.6 Å². The number of hydrogen-bond acceptors (Lipinski definition) is 7. The topological polar surface area (TPSA) is 77.0 Å². The Morgan fingerprint density at radius 1 is 1.20 bits per heavy atom. The summed E-state index contributed by atoms with van der Waals surface area (Å²) in [6.07, 6.45) is 5.13. The van der Waals surface area contributed by atoms with Gasteiger partial charge in [0.05, 0.1) is 17.2 Å². The number of hydrogen-bond donors (Lipinski definition) is 0. The Labute approximate surface area is 180 Å². The van der Waals surface area contributed by atoms with E-state index in [0.29, 0.717) is 12.5 Å². The second kappa shape index (κ2) is 8.00. The summed E-state index contributed by atoms with van der Waals surface area (Å²) in [4.78, 5) is 25.3. The molecule has 0 unspecified atom stereocenters. The number of piperidine rings is 1. The maximum Gasteiger partial charge on any atom is 0.498 e. The van der Waals surface area contributed by atoms with Crippen molar-refractivity contribution in [2.24, 2.45) is 0 Å². The molecule has 1 aromatic heterocycles. The molecule has 9 heteroatoms. The highest BCUT2D eigenvalue weighted by molar-refractivity contribution is 6.61. The second-order valence-electron chi connectivity index (χ2n) is 10.2. The standard InChI is InChI=1S/C21H35BN4O4/c1-19(2,3)28-18(27)25(8)16-10-9-11-26(14-16)17-23-12-15(13-24-17)22-29-20(4,5)21(6,7)30-22/h12-13,16H,9-11,14H2,1-8H3/t16-/m1/s1. The fourth-order valence-corrected chi connectivity index (χ4v) is 3.53. The first-order chi connectivity index (χ1) is 13.8. The summed E-state index contributed by atoms with van der Waals surface area (Å²) in [6, 6.07) is 0.0555. The Bertz CT molecular complexity index is 747. The molecule has 166 valence electrons. The van der Waals surface area contributed by atoms with Gasteiger partial charge in [-0.2, -0.15) is 0 Å². The number of amides is 1. The molecule has 1 aromatic rings. The first kappa shape index (κ1) is 22.8. The maximum atomic E-state index is 12.4. The Balaban J connectivity index is 1.65. The predicted molar refractivity (Wildman–Crippen MR) is 117 cm³/mol. The fourth-order valence-electron chi connectivity index (χ4n) is 3.53. The van der Waals surface area contributed by atoms with Crippen LogP contribution in [0.15, 0.2) is 12.4 Å². The number of rotatable bonds is 3. The molecule has 2 fully saturated rings. The van der Waals surface area contributed by atoms with Crippen LogP contribution in [0.3, 0.4) is 0 Å². The van der Waals surface area contributed by atoms with Gasteiger partial charge in [-0.1, -0.05) is 0 Å². The summed E-state index contributed by atoms with van der Waals surface area (Å²) in [5, 5.41) is 0. The summed E-state index contributed by atoms with van der Waals surface area (Å²) >= 11 is 0. The summed E-state index contributed by atoms with van der Waals surface area (Å²) < 4.78 is 17.7. The third-order valence-corrected chi connectivity index (χ3v) is 6.09. The van der Waals surface area contributed by atoms with Crippen LogP contribution in [-0.4, -0.2) is 71.1 Å². The SMILES string of the molecule is CN(C(=O)OC(C)(C)C)[C@@H]1CCCN(c2ncc(B3OC(C)(C)C(C)(C)O3)cn2)C1. The molecule has 2 aliphatic heterocycles. The number of likely N-dealkylation sites (N-methyl/N-ethyl adjacent to an activating group) is 1. The summed E-state index contributed by atoms with van der Waals surface area (Å²) in [7, 11) is 1.32. The van der Waals surface area contributed by atoms with Crippen molar-refractivity contribution in [3.63, 3.8) is 0 Å². The molecular weight excluding hydrogens is 383 g/mol. The van der Waals surface area contributed by atoms with Gasteiger partial charge < -0.3 is 23.8 Å². The molecule has 2 aliphatic rings. The molecule has 30 heavy (non-hydrogen) atoms. The number of carbonyl (C=O) groups excluding carboxylic acids is 1. The summed E-state index contributed by atoms with van der Waals surface area (Å²) in [5.41, 5.74) is -0.505. The number of carbonyl (C=O) groups is 1. The van der Waals surface area contributed by atoms with Gasteiger partial charge in [0.15, 0.2) is 0 Å². The zero-order valence-corrected chi connectivity index (χ0v) is 19.6. The first-order valence-corrected chi connectivity index (χ1v) is 10.7. The Kier molecular flexibility index (Phi) is 6.08. The Morgan fingerprint density at radius 2 is 1.77 bits per heavy atom. The van der Waals surface area contributed by atoms with Crippen molar-refractivity contribution in [2.45, 2.75) is 84.2 Å². The first-order valence-electron chi connectivity index (χ1n) is 10.7. The third kappa shape index (κ3) is 4.89. The Hall–Kier alpha value is -1.87. The van der Waals surface area contributed by atoms with Crippen molar-refractivity contribution in [1.82, 2.24) is 14.9 Å². The van der Waals surface area contributed by atoms with Gasteiger partial charge in [0, 0.05) is 38.0 Å². The van der Waals surface area contributed by atoms with Gasteiger partial charge in [0.25, 0.3) is 0 Å². The van der Waals surface area contributed by atoms with Crippen LogP contribution in [0.1, 0.15) is 61.3 Å². The average molecular weight is 418 g/mol. The fraction of sp³-hybridized carbons (Fsp3) is 0.762. The molecule has 3 rings (SSSR count). The normalized spacial score (nSPS) is 23.4. The average Bonchev–Trinajstić information content (AvgIpc) is 2.87. The van der Waals surface area contributed by atoms with E-state index >= 15 is 0 Å². The van der Waals surface area contributed by atoms with Crippen molar-refractivity contribution in [2.75, 3.05) is 25.0 Å². The molecule has 0 saturated carbocycles. The smallest absolute Gasteiger partial charge is 0.444 e. The van der Waals surface area contributed by atoms with Crippen molar-refractivity contribution in [3.05, 3.63) is 12.4 Å². The minimum absolute atomic E-state index is 0.0555. The number of aromatic nitrogens is 2. The lowest BCUT2D eigenvalue weighted by molar-refractivity contribution is 0.00578. The molecule has 0 radical (unpaired) electrons. The molecule has 0 spiro atoms. The molecule has 0 aromatic carbocycles. The largest absolute Gasteiger partial charge is 0.498 e. The lowest BCUT2D eigenvalue weighted by atomic mass is 9.81. The highest BCUT2D eigenvalue weighted by Gasteiger charge is 2.52. The third-order valence-electron chi connectivity index (χ3n) is 6.09. The second-order valence-corrected chi connectivity index (χ2v) is 10.2. The predicted octanol–water partition coefficient (Wildman–Crippen LogP) is 2.61. The van der Waals surface area contributed by atoms with Crippen LogP contribution in [0.4, 0.5) is 10.7 Å². The van der Waals surface area contributed by atoms with Crippen molar-refractivity contribution < 1.29 is 18.8 Å². The van der Waals surface area contributed by atoms with E-state index in [1.54, 1.807) is 24.3 Å². The van der Waals surface area contributed by atoms with E-state index in [1.807, 2.05) is 48.5 Å². The van der Waals surface area contributed by atoms with E-state index in [0.717, 1.165) is 24.8 Å². The molecule has 8 nitrogen and oxygen atoms in total. The molecule has 3 heterocycles. The van der Waals surface area contributed by atoms with Crippen LogP contribution in [0.5, 0.6) is 0 Å². The zero-order chi connectivity index (χ0) is 22.3. The van der Waals surface area contributed by atoms with Gasteiger partial charge in [-0.05, 0) is 61.3 Å². The highest BCUT2D eigenvalue weighted by atomic mass is 16.7. The van der Waals surface area contributed by atoms with Gasteiger partial charge in [0.2, 0.25) is 5.95 Å². The van der Waals surface area contributed by atoms with Gasteiger partial charge in [-0.3, -0.25) is 0 Å². The van der Waals surface area contributed by atoms with E-state index < -0.39 is 23.9 Å². The number of nitrogens with zero attached hydrogens (tertiary/aromatic N) is 4.